The molecule has 1 aromatic rings. The molecule has 0 spiro atoms. The molecule has 1 heterocycles. The Morgan fingerprint density at radius 3 is 2.41 bits per heavy atom. The van der Waals surface area contributed by atoms with Crippen LogP contribution in [0.4, 0.5) is 22.0 Å². The Hall–Kier alpha value is -1.73. The third-order valence-corrected chi connectivity index (χ3v) is 1.71. The zero-order valence-corrected chi connectivity index (χ0v) is 8.17. The van der Waals surface area contributed by atoms with Gasteiger partial charge in [-0.2, -0.15) is 22.0 Å². The van der Waals surface area contributed by atoms with E-state index in [0.29, 0.717) is 6.29 Å². The molecule has 3 nitrogen and oxygen atoms in total. The summed E-state index contributed by atoms with van der Waals surface area (Å²) < 4.78 is 64.5. The van der Waals surface area contributed by atoms with Crippen molar-refractivity contribution in [3.63, 3.8) is 0 Å². The van der Waals surface area contributed by atoms with Crippen molar-refractivity contribution in [1.29, 1.82) is 0 Å². The van der Waals surface area contributed by atoms with Gasteiger partial charge in [-0.15, -0.1) is 0 Å². The smallest absolute Gasteiger partial charge is 0.456 e. The number of halogens is 5. The summed E-state index contributed by atoms with van der Waals surface area (Å²) in [7, 11) is 0. The van der Waals surface area contributed by atoms with Gasteiger partial charge in [-0.3, -0.25) is 9.78 Å². The van der Waals surface area contributed by atoms with Crippen molar-refractivity contribution < 1.29 is 31.5 Å². The molecule has 94 valence electrons. The lowest BCUT2D eigenvalue weighted by Gasteiger charge is -2.19. The van der Waals surface area contributed by atoms with E-state index in [2.05, 4.69) is 9.72 Å². The predicted molar refractivity (Wildman–Crippen MR) is 46.1 cm³/mol. The maximum absolute atomic E-state index is 12.5. The quantitative estimate of drug-likeness (QED) is 0.612. The Kier molecular flexibility index (Phi) is 3.64. The van der Waals surface area contributed by atoms with Gasteiger partial charge in [0.2, 0.25) is 0 Å². The molecule has 0 bridgehead atoms. The van der Waals surface area contributed by atoms with E-state index < -0.39 is 18.7 Å². The third kappa shape index (κ3) is 3.36. The fourth-order valence-electron chi connectivity index (χ4n) is 0.835. The molecule has 0 aliphatic heterocycles. The highest BCUT2D eigenvalue weighted by Crippen LogP contribution is 2.35. The Labute approximate surface area is 92.2 Å². The van der Waals surface area contributed by atoms with E-state index in [1.54, 1.807) is 0 Å². The summed E-state index contributed by atoms with van der Waals surface area (Å²) in [6.45, 7) is -1.86. The van der Waals surface area contributed by atoms with E-state index in [1.165, 1.54) is 0 Å². The van der Waals surface area contributed by atoms with Gasteiger partial charge in [0.05, 0.1) is 6.20 Å². The van der Waals surface area contributed by atoms with Crippen LogP contribution in [0.3, 0.4) is 0 Å². The van der Waals surface area contributed by atoms with Gasteiger partial charge in [0.1, 0.15) is 5.75 Å². The first-order chi connectivity index (χ1) is 7.76. The molecule has 0 atom stereocenters. The van der Waals surface area contributed by atoms with Crippen molar-refractivity contribution in [2.75, 3.05) is 6.61 Å². The van der Waals surface area contributed by atoms with Gasteiger partial charge in [-0.1, -0.05) is 0 Å². The van der Waals surface area contributed by atoms with Gasteiger partial charge in [0.15, 0.2) is 12.9 Å². The Morgan fingerprint density at radius 1 is 1.24 bits per heavy atom. The molecule has 0 unspecified atom stereocenters. The number of alkyl halides is 5. The van der Waals surface area contributed by atoms with Crippen LogP contribution >= 0.6 is 0 Å². The third-order valence-electron chi connectivity index (χ3n) is 1.71. The zero-order chi connectivity index (χ0) is 13.1. The van der Waals surface area contributed by atoms with Gasteiger partial charge >= 0.3 is 12.1 Å². The van der Waals surface area contributed by atoms with E-state index in [4.69, 9.17) is 0 Å². The van der Waals surface area contributed by atoms with Gasteiger partial charge < -0.3 is 4.74 Å². The number of hydrogen-bond donors (Lipinski definition) is 0. The Morgan fingerprint density at radius 2 is 1.88 bits per heavy atom. The average Bonchev–Trinajstić information content (AvgIpc) is 2.25. The zero-order valence-electron chi connectivity index (χ0n) is 8.17. The number of carbonyl (C=O) groups is 1. The highest BCUT2D eigenvalue weighted by molar-refractivity contribution is 5.74. The van der Waals surface area contributed by atoms with Gasteiger partial charge in [0.25, 0.3) is 0 Å². The molecular formula is C9H6F5NO2. The van der Waals surface area contributed by atoms with Crippen LogP contribution in [0.15, 0.2) is 18.5 Å². The van der Waals surface area contributed by atoms with Crippen LogP contribution < -0.4 is 4.74 Å². The van der Waals surface area contributed by atoms with Crippen LogP contribution in [-0.2, 0) is 0 Å². The van der Waals surface area contributed by atoms with Crippen molar-refractivity contribution in [3.05, 3.63) is 24.0 Å². The van der Waals surface area contributed by atoms with E-state index in [1.807, 2.05) is 0 Å². The van der Waals surface area contributed by atoms with Gasteiger partial charge in [-0.25, -0.2) is 0 Å². The molecule has 17 heavy (non-hydrogen) atoms. The number of aromatic nitrogens is 1. The monoisotopic (exact) mass is 255 g/mol. The lowest BCUT2D eigenvalue weighted by Crippen LogP contribution is -2.41. The first kappa shape index (κ1) is 13.3. The summed E-state index contributed by atoms with van der Waals surface area (Å²) in [5, 5.41) is 0. The van der Waals surface area contributed by atoms with Crippen LogP contribution in [0, 0.1) is 0 Å². The fraction of sp³-hybridized carbons (Fsp3) is 0.333. The van der Waals surface area contributed by atoms with Gasteiger partial charge in [0, 0.05) is 11.8 Å². The Bertz CT molecular complexity index is 405. The summed E-state index contributed by atoms with van der Waals surface area (Å²) in [5.74, 6) is -5.29. The molecule has 0 saturated heterocycles. The van der Waals surface area contributed by atoms with E-state index in [-0.39, 0.29) is 11.3 Å². The van der Waals surface area contributed by atoms with E-state index >= 15 is 0 Å². The van der Waals surface area contributed by atoms with Crippen molar-refractivity contribution in [1.82, 2.24) is 4.98 Å². The minimum absolute atomic E-state index is 0.0119. The van der Waals surface area contributed by atoms with Crippen molar-refractivity contribution in [2.24, 2.45) is 0 Å². The van der Waals surface area contributed by atoms with Crippen LogP contribution in [0.25, 0.3) is 0 Å². The minimum atomic E-state index is -5.68. The highest BCUT2D eigenvalue weighted by Gasteiger charge is 2.58. The summed E-state index contributed by atoms with van der Waals surface area (Å²) in [6.07, 6.45) is -3.27. The molecule has 0 amide bonds. The van der Waals surface area contributed by atoms with Crippen LogP contribution in [0.1, 0.15) is 10.4 Å². The molecule has 8 heteroatoms. The van der Waals surface area contributed by atoms with Crippen molar-refractivity contribution in [2.45, 2.75) is 12.1 Å². The molecule has 0 aliphatic carbocycles. The highest BCUT2D eigenvalue weighted by atomic mass is 19.4. The first-order valence-corrected chi connectivity index (χ1v) is 4.24. The normalized spacial score (nSPS) is 12.3. The van der Waals surface area contributed by atoms with Gasteiger partial charge in [-0.05, 0) is 6.07 Å². The number of nitrogens with zero attached hydrogens (tertiary/aromatic N) is 1. The number of hydrogen-bond acceptors (Lipinski definition) is 3. The molecule has 0 aliphatic rings. The molecule has 1 rings (SSSR count). The van der Waals surface area contributed by atoms with Crippen LogP contribution in [-0.4, -0.2) is 30.0 Å². The second-order valence-corrected chi connectivity index (χ2v) is 3.06. The lowest BCUT2D eigenvalue weighted by molar-refractivity contribution is -0.290. The van der Waals surface area contributed by atoms with Crippen LogP contribution in [0.2, 0.25) is 0 Å². The standard InChI is InChI=1S/C9H6F5NO2/c10-8(11,9(12,13)14)5-17-7-1-6(4-16)2-15-3-7/h1-4H,5H2. The summed E-state index contributed by atoms with van der Waals surface area (Å²) in [4.78, 5) is 13.7. The van der Waals surface area contributed by atoms with Crippen LogP contribution in [0.5, 0.6) is 5.75 Å². The minimum Gasteiger partial charge on any atom is -0.485 e. The number of rotatable bonds is 4. The summed E-state index contributed by atoms with van der Waals surface area (Å²) >= 11 is 0. The largest absolute Gasteiger partial charge is 0.485 e. The molecule has 1 aromatic heterocycles. The molecule has 0 N–H and O–H groups in total. The Balaban J connectivity index is 2.70. The molecular weight excluding hydrogens is 249 g/mol. The van der Waals surface area contributed by atoms with Crippen molar-refractivity contribution in [3.8, 4) is 5.75 Å². The fourth-order valence-corrected chi connectivity index (χ4v) is 0.835. The SMILES string of the molecule is O=Cc1cncc(OCC(F)(F)C(F)(F)F)c1. The summed E-state index contributed by atoms with van der Waals surface area (Å²) in [6, 6.07) is 1.01. The maximum atomic E-state index is 12.5. The number of ether oxygens (including phenoxy) is 1. The second kappa shape index (κ2) is 4.64. The van der Waals surface area contributed by atoms with E-state index in [9.17, 15) is 26.7 Å². The van der Waals surface area contributed by atoms with Crippen molar-refractivity contribution >= 4 is 6.29 Å². The number of pyridine rings is 1. The topological polar surface area (TPSA) is 39.2 Å². The molecule has 0 radical (unpaired) electrons. The molecule has 0 aromatic carbocycles. The average molecular weight is 255 g/mol. The second-order valence-electron chi connectivity index (χ2n) is 3.06. The lowest BCUT2D eigenvalue weighted by atomic mass is 10.3. The molecule has 0 saturated carbocycles. The number of aldehydes is 1. The molecule has 0 fully saturated rings. The van der Waals surface area contributed by atoms with E-state index in [0.717, 1.165) is 18.5 Å². The maximum Gasteiger partial charge on any atom is 0.456 e. The summed E-state index contributed by atoms with van der Waals surface area (Å²) in [5.41, 5.74) is 0.0119. The number of carbonyl (C=O) groups excluding carboxylic acids is 1. The first-order valence-electron chi connectivity index (χ1n) is 4.24. The predicted octanol–water partition coefficient (Wildman–Crippen LogP) is 2.47.